The van der Waals surface area contributed by atoms with Gasteiger partial charge in [0.05, 0.1) is 18.6 Å². The molecule has 2 aliphatic rings. The van der Waals surface area contributed by atoms with Gasteiger partial charge in [0.25, 0.3) is 0 Å². The molecule has 19 heavy (non-hydrogen) atoms. The average Bonchev–Trinajstić information content (AvgIpc) is 2.63. The number of aliphatic hydroxyl groups is 2. The van der Waals surface area contributed by atoms with E-state index in [0.29, 0.717) is 6.42 Å². The van der Waals surface area contributed by atoms with Crippen molar-refractivity contribution in [2.45, 2.75) is 45.3 Å². The second-order valence-electron chi connectivity index (χ2n) is 5.61. The van der Waals surface area contributed by atoms with Crippen LogP contribution in [0.5, 0.6) is 0 Å². The Labute approximate surface area is 113 Å². The summed E-state index contributed by atoms with van der Waals surface area (Å²) >= 11 is 0. The number of fused-ring (bicyclic) bond motifs is 1. The summed E-state index contributed by atoms with van der Waals surface area (Å²) in [6.45, 7) is 3.77. The molecule has 0 bridgehead atoms. The van der Waals surface area contributed by atoms with Gasteiger partial charge in [-0.2, -0.15) is 0 Å². The first-order valence-electron chi connectivity index (χ1n) is 6.87. The molecule has 1 heterocycles. The van der Waals surface area contributed by atoms with Gasteiger partial charge in [-0.1, -0.05) is 18.6 Å². The molecule has 1 aliphatic heterocycles. The van der Waals surface area contributed by atoms with E-state index in [1.807, 2.05) is 19.1 Å². The Morgan fingerprint density at radius 3 is 2.89 bits per heavy atom. The third kappa shape index (κ3) is 3.07. The van der Waals surface area contributed by atoms with E-state index in [-0.39, 0.29) is 30.5 Å². The minimum Gasteiger partial charge on any atom is -0.457 e. The predicted octanol–water partition coefficient (Wildman–Crippen LogP) is 1.57. The lowest BCUT2D eigenvalue weighted by Crippen LogP contribution is -2.32. The van der Waals surface area contributed by atoms with Gasteiger partial charge >= 0.3 is 5.97 Å². The van der Waals surface area contributed by atoms with Crippen molar-refractivity contribution in [3.05, 3.63) is 23.3 Å². The highest BCUT2D eigenvalue weighted by molar-refractivity contribution is 5.75. The fourth-order valence-corrected chi connectivity index (χ4v) is 2.94. The monoisotopic (exact) mass is 266 g/mol. The predicted molar refractivity (Wildman–Crippen MR) is 71.3 cm³/mol. The fraction of sp³-hybridized carbons (Fsp3) is 0.667. The third-order valence-corrected chi connectivity index (χ3v) is 4.12. The maximum absolute atomic E-state index is 11.7. The van der Waals surface area contributed by atoms with Crippen LogP contribution in [0.3, 0.4) is 0 Å². The first kappa shape index (κ1) is 14.3. The first-order chi connectivity index (χ1) is 9.02. The summed E-state index contributed by atoms with van der Waals surface area (Å²) in [6.07, 6.45) is 5.09. The molecule has 0 aromatic carbocycles. The number of esters is 1. The van der Waals surface area contributed by atoms with Crippen molar-refractivity contribution >= 4 is 5.97 Å². The second kappa shape index (κ2) is 5.88. The summed E-state index contributed by atoms with van der Waals surface area (Å²) in [6, 6.07) is 0. The van der Waals surface area contributed by atoms with Crippen LogP contribution in [-0.4, -0.2) is 35.0 Å². The number of aliphatic hydroxyl groups excluding tert-OH is 2. The highest BCUT2D eigenvalue weighted by Gasteiger charge is 2.44. The van der Waals surface area contributed by atoms with E-state index in [9.17, 15) is 15.0 Å². The van der Waals surface area contributed by atoms with Gasteiger partial charge in [-0.15, -0.1) is 0 Å². The molecule has 4 heteroatoms. The zero-order valence-corrected chi connectivity index (χ0v) is 11.5. The third-order valence-electron chi connectivity index (χ3n) is 4.12. The molecular formula is C15H22O4. The Balaban J connectivity index is 2.29. The van der Waals surface area contributed by atoms with Gasteiger partial charge in [0, 0.05) is 5.92 Å². The summed E-state index contributed by atoms with van der Waals surface area (Å²) < 4.78 is 5.36. The molecule has 0 aromatic heterocycles. The maximum atomic E-state index is 11.7. The smallest absolute Gasteiger partial charge is 0.309 e. The zero-order valence-electron chi connectivity index (χ0n) is 11.5. The highest BCUT2D eigenvalue weighted by Crippen LogP contribution is 2.35. The van der Waals surface area contributed by atoms with Crippen LogP contribution >= 0.6 is 0 Å². The molecule has 0 saturated carbocycles. The van der Waals surface area contributed by atoms with E-state index in [2.05, 4.69) is 0 Å². The zero-order chi connectivity index (χ0) is 14.0. The fourth-order valence-electron chi connectivity index (χ4n) is 2.94. The Morgan fingerprint density at radius 1 is 1.47 bits per heavy atom. The van der Waals surface area contributed by atoms with E-state index in [1.54, 1.807) is 6.92 Å². The molecule has 0 unspecified atom stereocenters. The maximum Gasteiger partial charge on any atom is 0.309 e. The van der Waals surface area contributed by atoms with Crippen LogP contribution in [0.15, 0.2) is 23.3 Å². The molecule has 4 nitrogen and oxygen atoms in total. The van der Waals surface area contributed by atoms with E-state index in [0.717, 1.165) is 24.0 Å². The van der Waals surface area contributed by atoms with Crippen LogP contribution in [0.2, 0.25) is 0 Å². The average molecular weight is 266 g/mol. The Morgan fingerprint density at radius 2 is 2.21 bits per heavy atom. The number of allylic oxidation sites excluding steroid dienone is 2. The molecule has 4 atom stereocenters. The molecule has 0 amide bonds. The van der Waals surface area contributed by atoms with Gasteiger partial charge in [0.2, 0.25) is 0 Å². The quantitative estimate of drug-likeness (QED) is 0.558. The van der Waals surface area contributed by atoms with Gasteiger partial charge < -0.3 is 14.9 Å². The Kier molecular flexibility index (Phi) is 4.42. The standard InChI is InChI=1S/C15H22O4/c1-9-4-3-5-11(8-16)7-12(17)14-10(2)15(18)19-13(14)6-9/h5-6,10,12-14,16-17H,3-4,7-8H2,1-2H3/b9-6+,11-5+/t10-,12-,13+,14+/m0/s1. The minimum absolute atomic E-state index is 0.0413. The van der Waals surface area contributed by atoms with Gasteiger partial charge in [0.1, 0.15) is 6.10 Å². The second-order valence-corrected chi connectivity index (χ2v) is 5.61. The molecule has 0 spiro atoms. The summed E-state index contributed by atoms with van der Waals surface area (Å²) in [7, 11) is 0. The number of ether oxygens (including phenoxy) is 1. The summed E-state index contributed by atoms with van der Waals surface area (Å²) in [5.41, 5.74) is 1.99. The summed E-state index contributed by atoms with van der Waals surface area (Å²) in [4.78, 5) is 11.7. The van der Waals surface area contributed by atoms with Crippen LogP contribution in [-0.2, 0) is 9.53 Å². The van der Waals surface area contributed by atoms with Crippen molar-refractivity contribution in [3.63, 3.8) is 0 Å². The number of hydrogen-bond acceptors (Lipinski definition) is 4. The lowest BCUT2D eigenvalue weighted by Gasteiger charge is -2.25. The molecule has 1 saturated heterocycles. The van der Waals surface area contributed by atoms with Crippen molar-refractivity contribution in [2.75, 3.05) is 6.61 Å². The number of carbonyl (C=O) groups excluding carboxylic acids is 1. The number of hydrogen-bond donors (Lipinski definition) is 2. The summed E-state index contributed by atoms with van der Waals surface area (Å²) in [5, 5.41) is 19.7. The van der Waals surface area contributed by atoms with Gasteiger partial charge in [-0.25, -0.2) is 0 Å². The van der Waals surface area contributed by atoms with Crippen molar-refractivity contribution in [1.29, 1.82) is 0 Å². The van der Waals surface area contributed by atoms with Crippen LogP contribution < -0.4 is 0 Å². The SMILES string of the molecule is C/C1=C\[C@H]2OC(=O)[C@@H](C)[C@@H]2[C@@H](O)C/C(CO)=C\CC1. The molecule has 0 radical (unpaired) electrons. The molecule has 0 aromatic rings. The number of rotatable bonds is 1. The minimum atomic E-state index is -0.660. The Bertz CT molecular complexity index is 410. The van der Waals surface area contributed by atoms with Crippen LogP contribution in [0.25, 0.3) is 0 Å². The Hall–Kier alpha value is -1.13. The first-order valence-corrected chi connectivity index (χ1v) is 6.87. The molecule has 2 N–H and O–H groups in total. The van der Waals surface area contributed by atoms with Crippen LogP contribution in [0.1, 0.15) is 33.1 Å². The highest BCUT2D eigenvalue weighted by atomic mass is 16.6. The molecule has 1 aliphatic carbocycles. The topological polar surface area (TPSA) is 66.8 Å². The van der Waals surface area contributed by atoms with Crippen LogP contribution in [0.4, 0.5) is 0 Å². The largest absolute Gasteiger partial charge is 0.457 e. The van der Waals surface area contributed by atoms with Gasteiger partial charge in [-0.05, 0) is 37.8 Å². The molecule has 2 rings (SSSR count). The molecule has 106 valence electrons. The van der Waals surface area contributed by atoms with Crippen LogP contribution in [0, 0.1) is 11.8 Å². The molecular weight excluding hydrogens is 244 g/mol. The lowest BCUT2D eigenvalue weighted by molar-refractivity contribution is -0.142. The van der Waals surface area contributed by atoms with Crippen molar-refractivity contribution in [1.82, 2.24) is 0 Å². The number of carbonyl (C=O) groups is 1. The van der Waals surface area contributed by atoms with Gasteiger partial charge in [0.15, 0.2) is 0 Å². The lowest BCUT2D eigenvalue weighted by atomic mass is 9.82. The van der Waals surface area contributed by atoms with Gasteiger partial charge in [-0.3, -0.25) is 4.79 Å². The van der Waals surface area contributed by atoms with E-state index < -0.39 is 6.10 Å². The molecule has 1 fully saturated rings. The van der Waals surface area contributed by atoms with Crippen molar-refractivity contribution in [3.8, 4) is 0 Å². The van der Waals surface area contributed by atoms with Crippen molar-refractivity contribution < 1.29 is 19.7 Å². The normalized spacial score (nSPS) is 41.6. The van der Waals surface area contributed by atoms with E-state index in [1.165, 1.54) is 0 Å². The summed E-state index contributed by atoms with van der Waals surface area (Å²) in [5.74, 6) is -0.772. The van der Waals surface area contributed by atoms with E-state index >= 15 is 0 Å². The van der Waals surface area contributed by atoms with Crippen molar-refractivity contribution in [2.24, 2.45) is 11.8 Å². The van der Waals surface area contributed by atoms with E-state index in [4.69, 9.17) is 4.74 Å².